The quantitative estimate of drug-likeness (QED) is 0.428. The Balaban J connectivity index is 1.40. The summed E-state index contributed by atoms with van der Waals surface area (Å²) in [5, 5.41) is 5.32. The monoisotopic (exact) mass is 408 g/mol. The Labute approximate surface area is 172 Å². The van der Waals surface area contributed by atoms with E-state index in [0.29, 0.717) is 6.61 Å². The van der Waals surface area contributed by atoms with Crippen molar-refractivity contribution in [3.63, 3.8) is 0 Å². The Morgan fingerprint density at radius 3 is 2.79 bits per heavy atom. The molecule has 1 atom stereocenters. The van der Waals surface area contributed by atoms with Crippen LogP contribution in [0.3, 0.4) is 0 Å². The van der Waals surface area contributed by atoms with Crippen molar-refractivity contribution in [1.29, 1.82) is 0 Å². The van der Waals surface area contributed by atoms with E-state index in [-0.39, 0.29) is 6.10 Å². The third kappa shape index (κ3) is 3.12. The Morgan fingerprint density at radius 1 is 1.11 bits per heavy atom. The summed E-state index contributed by atoms with van der Waals surface area (Å²) in [5.74, 6) is 1.64. The van der Waals surface area contributed by atoms with Crippen molar-refractivity contribution < 1.29 is 9.47 Å². The molecule has 1 aliphatic heterocycles. The van der Waals surface area contributed by atoms with Crippen LogP contribution in [0.1, 0.15) is 11.4 Å². The number of rotatable bonds is 4. The van der Waals surface area contributed by atoms with Crippen LogP contribution < -0.4 is 9.47 Å². The number of thiazole rings is 1. The minimum absolute atomic E-state index is 0.00957. The van der Waals surface area contributed by atoms with Crippen molar-refractivity contribution in [2.24, 2.45) is 0 Å². The lowest BCUT2D eigenvalue weighted by atomic mass is 10.2. The van der Waals surface area contributed by atoms with E-state index < -0.39 is 0 Å². The molecule has 4 aromatic rings. The van der Waals surface area contributed by atoms with E-state index >= 15 is 0 Å². The normalized spacial score (nSPS) is 15.7. The minimum atomic E-state index is -0.00957. The molecule has 0 unspecified atom stereocenters. The molecule has 1 aliphatic rings. The van der Waals surface area contributed by atoms with Gasteiger partial charge in [0.05, 0.1) is 17.1 Å². The number of aryl methyl sites for hydroxylation is 1. The molecule has 1 aromatic carbocycles. The largest absolute Gasteiger partial charge is 0.486 e. The van der Waals surface area contributed by atoms with E-state index in [1.165, 1.54) is 21.8 Å². The van der Waals surface area contributed by atoms with Crippen LogP contribution >= 0.6 is 22.7 Å². The molecule has 28 heavy (non-hydrogen) atoms. The molecule has 5 rings (SSSR count). The number of fused-ring (bicyclic) bond motifs is 1. The zero-order valence-corrected chi connectivity index (χ0v) is 17.3. The Kier molecular flexibility index (Phi) is 4.45. The average Bonchev–Trinajstić information content (AvgIpc) is 3.45. The number of nitrogens with zero attached hydrogens (tertiary/aromatic N) is 2. The summed E-state index contributed by atoms with van der Waals surface area (Å²) in [6.45, 7) is 5.61. The van der Waals surface area contributed by atoms with Gasteiger partial charge in [0.2, 0.25) is 0 Å². The highest BCUT2D eigenvalue weighted by Gasteiger charge is 2.23. The van der Waals surface area contributed by atoms with Gasteiger partial charge in [0.1, 0.15) is 11.6 Å². The molecule has 4 heterocycles. The molecule has 0 aliphatic carbocycles. The van der Waals surface area contributed by atoms with E-state index in [2.05, 4.69) is 47.4 Å². The van der Waals surface area contributed by atoms with Crippen molar-refractivity contribution in [1.82, 2.24) is 9.55 Å². The second-order valence-electron chi connectivity index (χ2n) is 6.91. The highest BCUT2D eigenvalue weighted by Crippen LogP contribution is 2.35. The first-order valence-corrected chi connectivity index (χ1v) is 11.0. The third-order valence-electron chi connectivity index (χ3n) is 5.04. The molecule has 3 aromatic heterocycles. The highest BCUT2D eigenvalue weighted by atomic mass is 32.1. The highest BCUT2D eigenvalue weighted by molar-refractivity contribution is 7.20. The van der Waals surface area contributed by atoms with Gasteiger partial charge in [-0.15, -0.1) is 22.7 Å². The Bertz CT molecular complexity index is 1110. The van der Waals surface area contributed by atoms with Gasteiger partial charge in [-0.05, 0) is 43.5 Å². The molecule has 0 radical (unpaired) electrons. The number of aromatic nitrogens is 2. The maximum Gasteiger partial charge on any atom is 0.161 e. The number of hydrogen-bond acceptors (Lipinski definition) is 5. The van der Waals surface area contributed by atoms with E-state index in [1.807, 2.05) is 24.3 Å². The van der Waals surface area contributed by atoms with Gasteiger partial charge in [-0.25, -0.2) is 4.98 Å². The Hall–Kier alpha value is -2.57. The molecule has 4 nitrogen and oxygen atoms in total. The lowest BCUT2D eigenvalue weighted by Crippen LogP contribution is -2.33. The van der Waals surface area contributed by atoms with E-state index in [9.17, 15) is 0 Å². The number of thiophene rings is 1. The van der Waals surface area contributed by atoms with Crippen molar-refractivity contribution >= 4 is 22.7 Å². The van der Waals surface area contributed by atoms with Gasteiger partial charge < -0.3 is 14.0 Å². The molecule has 0 amide bonds. The first-order chi connectivity index (χ1) is 13.7. The maximum atomic E-state index is 6.16. The lowest BCUT2D eigenvalue weighted by Gasteiger charge is -2.27. The third-order valence-corrected chi connectivity index (χ3v) is 6.92. The fourth-order valence-electron chi connectivity index (χ4n) is 3.61. The molecule has 0 saturated carbocycles. The average molecular weight is 409 g/mol. The smallest absolute Gasteiger partial charge is 0.161 e. The van der Waals surface area contributed by atoms with Crippen molar-refractivity contribution in [3.8, 4) is 32.6 Å². The van der Waals surface area contributed by atoms with Gasteiger partial charge in [-0.2, -0.15) is 0 Å². The number of benzene rings is 1. The summed E-state index contributed by atoms with van der Waals surface area (Å²) in [7, 11) is 0. The maximum absolute atomic E-state index is 6.16. The summed E-state index contributed by atoms with van der Waals surface area (Å²) in [6, 6.07) is 14.3. The number of hydrogen-bond donors (Lipinski definition) is 0. The van der Waals surface area contributed by atoms with Gasteiger partial charge in [0, 0.05) is 22.3 Å². The van der Waals surface area contributed by atoms with E-state index in [4.69, 9.17) is 14.5 Å². The second-order valence-corrected chi connectivity index (χ2v) is 8.71. The molecule has 0 spiro atoms. The van der Waals surface area contributed by atoms with E-state index in [0.717, 1.165) is 28.7 Å². The lowest BCUT2D eigenvalue weighted by molar-refractivity contribution is 0.0778. The van der Waals surface area contributed by atoms with Crippen LogP contribution in [0.5, 0.6) is 11.5 Å². The van der Waals surface area contributed by atoms with Crippen LogP contribution in [-0.4, -0.2) is 22.3 Å². The fourth-order valence-corrected chi connectivity index (χ4v) is 5.24. The first-order valence-electron chi connectivity index (χ1n) is 9.24. The summed E-state index contributed by atoms with van der Waals surface area (Å²) in [6.07, 6.45) is -0.00957. The van der Waals surface area contributed by atoms with Gasteiger partial charge in [-0.3, -0.25) is 0 Å². The number of ether oxygens (including phenoxy) is 2. The van der Waals surface area contributed by atoms with Crippen molar-refractivity contribution in [2.75, 3.05) is 6.61 Å². The van der Waals surface area contributed by atoms with Gasteiger partial charge in [-0.1, -0.05) is 18.2 Å². The fraction of sp³-hybridized carbons (Fsp3) is 0.227. The van der Waals surface area contributed by atoms with E-state index in [1.54, 1.807) is 22.7 Å². The predicted molar refractivity (Wildman–Crippen MR) is 115 cm³/mol. The standard InChI is InChI=1S/C22H20N2O2S2/c1-14-10-17(18-13-28-22(23-18)21-8-5-9-27-21)15(2)24(14)11-16-12-25-19-6-3-4-7-20(19)26-16/h3-10,13,16H,11-12H2,1-2H3/t16-/m0/s1. The van der Waals surface area contributed by atoms with Gasteiger partial charge >= 0.3 is 0 Å². The molecule has 0 bridgehead atoms. The molecular formula is C22H20N2O2S2. The SMILES string of the molecule is Cc1cc(-c2csc(-c3cccs3)n2)c(C)n1C[C@H]1COc2ccccc2O1. The van der Waals surface area contributed by atoms with Crippen molar-refractivity contribution in [3.05, 3.63) is 64.6 Å². The van der Waals surface area contributed by atoms with Crippen LogP contribution in [-0.2, 0) is 6.54 Å². The van der Waals surface area contributed by atoms with Crippen molar-refractivity contribution in [2.45, 2.75) is 26.5 Å². The zero-order valence-electron chi connectivity index (χ0n) is 15.7. The molecule has 0 saturated heterocycles. The molecule has 6 heteroatoms. The number of para-hydroxylation sites is 2. The zero-order chi connectivity index (χ0) is 19.1. The summed E-state index contributed by atoms with van der Waals surface area (Å²) in [4.78, 5) is 6.09. The van der Waals surface area contributed by atoms with Crippen LogP contribution in [0, 0.1) is 13.8 Å². The first kappa shape index (κ1) is 17.5. The topological polar surface area (TPSA) is 36.3 Å². The summed E-state index contributed by atoms with van der Waals surface area (Å²) < 4.78 is 14.3. The van der Waals surface area contributed by atoms with Gasteiger partial charge in [0.15, 0.2) is 17.6 Å². The van der Waals surface area contributed by atoms with Crippen LogP contribution in [0.15, 0.2) is 53.2 Å². The minimum Gasteiger partial charge on any atom is -0.486 e. The summed E-state index contributed by atoms with van der Waals surface area (Å²) in [5.41, 5.74) is 4.65. The van der Waals surface area contributed by atoms with Gasteiger partial charge in [0.25, 0.3) is 0 Å². The second kappa shape index (κ2) is 7.11. The van der Waals surface area contributed by atoms with Crippen LogP contribution in [0.4, 0.5) is 0 Å². The van der Waals surface area contributed by atoms with Crippen LogP contribution in [0.2, 0.25) is 0 Å². The Morgan fingerprint density at radius 2 is 1.96 bits per heavy atom. The predicted octanol–water partition coefficient (Wildman–Crippen LogP) is 5.80. The molecular weight excluding hydrogens is 388 g/mol. The molecule has 0 N–H and O–H groups in total. The molecule has 142 valence electrons. The molecule has 0 fully saturated rings. The summed E-state index contributed by atoms with van der Waals surface area (Å²) >= 11 is 3.43. The van der Waals surface area contributed by atoms with Crippen LogP contribution in [0.25, 0.3) is 21.1 Å².